The van der Waals surface area contributed by atoms with Crippen molar-refractivity contribution in [1.82, 2.24) is 0 Å². The summed E-state index contributed by atoms with van der Waals surface area (Å²) in [6.07, 6.45) is 0.00395. The monoisotopic (exact) mass is 234 g/mol. The molecular formula is C11H16B2O4. The molecule has 0 saturated carbocycles. The molecule has 1 aliphatic heterocycles. The van der Waals surface area contributed by atoms with Crippen molar-refractivity contribution >= 4 is 15.7 Å². The van der Waals surface area contributed by atoms with Crippen molar-refractivity contribution in [3.63, 3.8) is 0 Å². The lowest BCUT2D eigenvalue weighted by atomic mass is 9.61. The van der Waals surface area contributed by atoms with Crippen LogP contribution in [0, 0.1) is 0 Å². The van der Waals surface area contributed by atoms with E-state index in [4.69, 9.17) is 14.2 Å². The van der Waals surface area contributed by atoms with E-state index in [0.717, 1.165) is 5.56 Å². The van der Waals surface area contributed by atoms with Gasteiger partial charge >= 0.3 is 0 Å². The zero-order valence-electron chi connectivity index (χ0n) is 10.6. The van der Waals surface area contributed by atoms with Gasteiger partial charge in [-0.25, -0.2) is 0 Å². The SMILES string of the molecule is BC(B)(O)c1cc(OC)c2c(c1)OC(C)CO2. The van der Waals surface area contributed by atoms with E-state index in [-0.39, 0.29) is 6.10 Å². The highest BCUT2D eigenvalue weighted by Gasteiger charge is 2.26. The maximum absolute atomic E-state index is 10.0. The van der Waals surface area contributed by atoms with Crippen LogP contribution in [0.4, 0.5) is 0 Å². The molecule has 0 aromatic heterocycles. The van der Waals surface area contributed by atoms with E-state index >= 15 is 0 Å². The molecule has 1 aromatic carbocycles. The van der Waals surface area contributed by atoms with Gasteiger partial charge in [-0.2, -0.15) is 0 Å². The third-order valence-electron chi connectivity index (χ3n) is 2.74. The Morgan fingerprint density at radius 1 is 1.47 bits per heavy atom. The summed E-state index contributed by atoms with van der Waals surface area (Å²) in [5.74, 6) is 1.82. The van der Waals surface area contributed by atoms with Crippen molar-refractivity contribution in [1.29, 1.82) is 0 Å². The van der Waals surface area contributed by atoms with Gasteiger partial charge in [-0.05, 0) is 24.6 Å². The van der Waals surface area contributed by atoms with Gasteiger partial charge in [-0.1, -0.05) is 0 Å². The van der Waals surface area contributed by atoms with E-state index in [1.165, 1.54) is 0 Å². The lowest BCUT2D eigenvalue weighted by molar-refractivity contribution is 0.0995. The minimum Gasteiger partial charge on any atom is -0.493 e. The number of hydrogen-bond acceptors (Lipinski definition) is 4. The molecule has 1 unspecified atom stereocenters. The van der Waals surface area contributed by atoms with Crippen molar-refractivity contribution in [2.75, 3.05) is 13.7 Å². The van der Waals surface area contributed by atoms with Gasteiger partial charge in [0.1, 0.15) is 28.4 Å². The molecule has 0 radical (unpaired) electrons. The molecule has 0 aliphatic carbocycles. The van der Waals surface area contributed by atoms with Crippen molar-refractivity contribution in [3.8, 4) is 17.2 Å². The fourth-order valence-corrected chi connectivity index (χ4v) is 1.76. The Morgan fingerprint density at radius 3 is 2.76 bits per heavy atom. The summed E-state index contributed by atoms with van der Waals surface area (Å²) in [6, 6.07) is 3.58. The first-order chi connectivity index (χ1) is 7.91. The van der Waals surface area contributed by atoms with Crippen molar-refractivity contribution < 1.29 is 19.3 Å². The normalized spacial score (nSPS) is 18.9. The van der Waals surface area contributed by atoms with Crippen LogP contribution in [0.1, 0.15) is 12.5 Å². The number of ether oxygens (including phenoxy) is 3. The van der Waals surface area contributed by atoms with Crippen LogP contribution >= 0.6 is 0 Å². The zero-order chi connectivity index (χ0) is 12.6. The second-order valence-electron chi connectivity index (χ2n) is 4.80. The molecule has 0 spiro atoms. The molecule has 6 heteroatoms. The van der Waals surface area contributed by atoms with Crippen LogP contribution in [0.2, 0.25) is 0 Å². The largest absolute Gasteiger partial charge is 0.493 e. The molecule has 0 bridgehead atoms. The average Bonchev–Trinajstić information content (AvgIpc) is 2.25. The maximum atomic E-state index is 10.0. The fraction of sp³-hybridized carbons (Fsp3) is 0.455. The predicted molar refractivity (Wildman–Crippen MR) is 69.6 cm³/mol. The van der Waals surface area contributed by atoms with Crippen molar-refractivity contribution in [3.05, 3.63) is 17.7 Å². The molecule has 1 heterocycles. The standard InChI is InChI=1S/C11H16B2O4/c1-6-5-16-10-8(15-2)3-7(11(12,13)14)4-9(10)17-6/h3-4,6,14H,5,12-13H2,1-2H3. The van der Waals surface area contributed by atoms with Gasteiger partial charge in [-0.15, -0.1) is 0 Å². The van der Waals surface area contributed by atoms with Crippen LogP contribution < -0.4 is 14.2 Å². The highest BCUT2D eigenvalue weighted by atomic mass is 16.6. The zero-order valence-corrected chi connectivity index (χ0v) is 10.6. The van der Waals surface area contributed by atoms with Crippen molar-refractivity contribution in [2.45, 2.75) is 18.4 Å². The maximum Gasteiger partial charge on any atom is 0.203 e. The highest BCUT2D eigenvalue weighted by Crippen LogP contribution is 2.42. The third-order valence-corrected chi connectivity index (χ3v) is 2.74. The van der Waals surface area contributed by atoms with Gasteiger partial charge in [0.15, 0.2) is 11.5 Å². The van der Waals surface area contributed by atoms with Crippen LogP contribution in [0.3, 0.4) is 0 Å². The minimum atomic E-state index is -0.938. The van der Waals surface area contributed by atoms with Crippen LogP contribution in [-0.2, 0) is 5.40 Å². The third kappa shape index (κ3) is 2.36. The number of hydrogen-bond donors (Lipinski definition) is 1. The van der Waals surface area contributed by atoms with E-state index in [1.54, 1.807) is 34.9 Å². The summed E-state index contributed by atoms with van der Waals surface area (Å²) < 4.78 is 16.6. The Kier molecular flexibility index (Phi) is 3.00. The van der Waals surface area contributed by atoms with Crippen LogP contribution in [0.5, 0.6) is 17.2 Å². The molecular weight excluding hydrogens is 218 g/mol. The summed E-state index contributed by atoms with van der Waals surface area (Å²) in [7, 11) is 5.02. The summed E-state index contributed by atoms with van der Waals surface area (Å²) >= 11 is 0. The second-order valence-corrected chi connectivity index (χ2v) is 4.80. The van der Waals surface area contributed by atoms with E-state index < -0.39 is 5.40 Å². The van der Waals surface area contributed by atoms with E-state index in [0.29, 0.717) is 23.9 Å². The number of fused-ring (bicyclic) bond motifs is 1. The van der Waals surface area contributed by atoms with Gasteiger partial charge < -0.3 is 19.3 Å². The number of benzene rings is 1. The fourth-order valence-electron chi connectivity index (χ4n) is 1.76. The van der Waals surface area contributed by atoms with E-state index in [9.17, 15) is 5.11 Å². The highest BCUT2D eigenvalue weighted by molar-refractivity contribution is 6.38. The van der Waals surface area contributed by atoms with E-state index in [2.05, 4.69) is 0 Å². The summed E-state index contributed by atoms with van der Waals surface area (Å²) in [6.45, 7) is 2.44. The molecule has 0 fully saturated rings. The lowest BCUT2D eigenvalue weighted by Gasteiger charge is -2.28. The van der Waals surface area contributed by atoms with Gasteiger partial charge in [0.25, 0.3) is 0 Å². The molecule has 4 nitrogen and oxygen atoms in total. The van der Waals surface area contributed by atoms with Crippen molar-refractivity contribution in [2.24, 2.45) is 0 Å². The second kappa shape index (κ2) is 4.18. The first-order valence-electron chi connectivity index (χ1n) is 5.66. The number of aliphatic hydroxyl groups is 1. The summed E-state index contributed by atoms with van der Waals surface area (Å²) in [4.78, 5) is 0. The van der Waals surface area contributed by atoms with Gasteiger partial charge in [0.05, 0.1) is 7.11 Å². The molecule has 1 atom stereocenters. The lowest BCUT2D eigenvalue weighted by Crippen LogP contribution is -2.29. The Balaban J connectivity index is 2.51. The van der Waals surface area contributed by atoms with Gasteiger partial charge in [-0.3, -0.25) is 0 Å². The molecule has 1 N–H and O–H groups in total. The topological polar surface area (TPSA) is 47.9 Å². The molecule has 1 aliphatic rings. The van der Waals surface area contributed by atoms with Gasteiger partial charge in [0.2, 0.25) is 5.75 Å². The Bertz CT molecular complexity index is 428. The molecule has 0 saturated heterocycles. The molecule has 2 rings (SSSR count). The van der Waals surface area contributed by atoms with E-state index in [1.807, 2.05) is 6.92 Å². The minimum absolute atomic E-state index is 0.00395. The molecule has 1 aromatic rings. The van der Waals surface area contributed by atoms with Crippen LogP contribution in [0.15, 0.2) is 12.1 Å². The molecule has 0 amide bonds. The Hall–Kier alpha value is -1.29. The average molecular weight is 234 g/mol. The van der Waals surface area contributed by atoms with Gasteiger partial charge in [0, 0.05) is 5.40 Å². The molecule has 17 heavy (non-hydrogen) atoms. The van der Waals surface area contributed by atoms with Crippen LogP contribution in [0.25, 0.3) is 0 Å². The summed E-state index contributed by atoms with van der Waals surface area (Å²) in [5.41, 5.74) is 0.741. The first-order valence-corrected chi connectivity index (χ1v) is 5.66. The Labute approximate surface area is 103 Å². The van der Waals surface area contributed by atoms with Crippen LogP contribution in [-0.4, -0.2) is 40.6 Å². The summed E-state index contributed by atoms with van der Waals surface area (Å²) in [5, 5.41) is 9.09. The smallest absolute Gasteiger partial charge is 0.203 e. The quantitative estimate of drug-likeness (QED) is 0.682. The Morgan fingerprint density at radius 2 is 2.18 bits per heavy atom. The number of rotatable bonds is 2. The molecule has 90 valence electrons. The predicted octanol–water partition coefficient (Wildman–Crippen LogP) is -0.776. The number of methoxy groups -OCH3 is 1. The first kappa shape index (κ1) is 12.2.